The van der Waals surface area contributed by atoms with Crippen LogP contribution >= 0.6 is 0 Å². The van der Waals surface area contributed by atoms with Crippen molar-refractivity contribution in [2.75, 3.05) is 13.1 Å². The standard InChI is InChI=1S/C30H36N4O6S/c1-29(2,3)21-12-10-20(11-13-21)26(36)32-30(15-6-4-7-16-30)28(38)33-18-14-23-25(33)24(35)19-34(23)41(39,40)27(37)22-9-5-8-17-31-22/h5,8-13,17,23,25H,4,6-7,14-16,18-19H2,1-3H3,(H,32,36). The van der Waals surface area contributed by atoms with Crippen molar-refractivity contribution in [2.24, 2.45) is 0 Å². The van der Waals surface area contributed by atoms with Gasteiger partial charge in [0.25, 0.3) is 15.9 Å². The number of nitrogens with one attached hydrogen (secondary N) is 1. The molecule has 2 aliphatic heterocycles. The second kappa shape index (κ2) is 10.8. The summed E-state index contributed by atoms with van der Waals surface area (Å²) < 4.78 is 27.5. The first-order valence-electron chi connectivity index (χ1n) is 14.1. The summed E-state index contributed by atoms with van der Waals surface area (Å²) in [6.45, 7) is 5.94. The average molecular weight is 581 g/mol. The van der Waals surface area contributed by atoms with E-state index in [2.05, 4.69) is 31.1 Å². The summed E-state index contributed by atoms with van der Waals surface area (Å²) in [7, 11) is -4.53. The largest absolute Gasteiger partial charge is 0.338 e. The third-order valence-electron chi connectivity index (χ3n) is 8.54. The molecule has 3 aliphatic rings. The van der Waals surface area contributed by atoms with Crippen LogP contribution in [0.15, 0.2) is 48.7 Å². The number of nitrogens with zero attached hydrogens (tertiary/aromatic N) is 3. The van der Waals surface area contributed by atoms with Crippen molar-refractivity contribution in [3.05, 3.63) is 65.5 Å². The van der Waals surface area contributed by atoms with Crippen LogP contribution in [0.3, 0.4) is 0 Å². The molecule has 1 saturated carbocycles. The van der Waals surface area contributed by atoms with Gasteiger partial charge in [-0.1, -0.05) is 58.2 Å². The number of hydrogen-bond donors (Lipinski definition) is 1. The Hall–Kier alpha value is -3.44. The van der Waals surface area contributed by atoms with Crippen LogP contribution in [0.25, 0.3) is 0 Å². The van der Waals surface area contributed by atoms with Crippen molar-refractivity contribution >= 4 is 32.7 Å². The third-order valence-corrected chi connectivity index (χ3v) is 10.2. The number of rotatable bonds is 5. The van der Waals surface area contributed by atoms with E-state index in [0.717, 1.165) is 29.1 Å². The van der Waals surface area contributed by atoms with Crippen LogP contribution in [0.4, 0.5) is 0 Å². The normalized spacial score (nSPS) is 22.8. The van der Waals surface area contributed by atoms with Gasteiger partial charge in [0.05, 0.1) is 12.6 Å². The number of likely N-dealkylation sites (tertiary alicyclic amines) is 1. The topological polar surface area (TPSA) is 134 Å². The number of benzene rings is 1. The van der Waals surface area contributed by atoms with E-state index in [-0.39, 0.29) is 35.9 Å². The smallest absolute Gasteiger partial charge is 0.310 e. The molecule has 2 aromatic rings. The Bertz CT molecular complexity index is 1460. The summed E-state index contributed by atoms with van der Waals surface area (Å²) in [6.07, 6.45) is 4.81. The maximum Gasteiger partial charge on any atom is 0.310 e. The molecule has 10 nitrogen and oxygen atoms in total. The second-order valence-electron chi connectivity index (χ2n) is 12.2. The van der Waals surface area contributed by atoms with E-state index in [4.69, 9.17) is 0 Å². The number of aromatic nitrogens is 1. The molecule has 3 heterocycles. The van der Waals surface area contributed by atoms with E-state index in [1.807, 2.05) is 12.1 Å². The van der Waals surface area contributed by atoms with Gasteiger partial charge in [-0.2, -0.15) is 4.31 Å². The van der Waals surface area contributed by atoms with E-state index in [1.54, 1.807) is 18.2 Å². The fourth-order valence-electron chi connectivity index (χ4n) is 6.28. The lowest BCUT2D eigenvalue weighted by Crippen LogP contribution is -2.62. The number of carbonyl (C=O) groups is 4. The number of Topliss-reactive ketones (excluding diaryl/α,β-unsaturated/α-hetero) is 1. The minimum Gasteiger partial charge on any atom is -0.338 e. The summed E-state index contributed by atoms with van der Waals surface area (Å²) in [6, 6.07) is 9.88. The van der Waals surface area contributed by atoms with Gasteiger partial charge in [-0.15, -0.1) is 0 Å². The van der Waals surface area contributed by atoms with Gasteiger partial charge in [0.2, 0.25) is 5.91 Å². The van der Waals surface area contributed by atoms with Crippen LogP contribution in [-0.4, -0.2) is 76.0 Å². The number of carbonyl (C=O) groups excluding carboxylic acids is 4. The van der Waals surface area contributed by atoms with Crippen molar-refractivity contribution in [3.63, 3.8) is 0 Å². The SMILES string of the molecule is CC(C)(C)c1ccc(C(=O)NC2(C(=O)N3CCC4C3C(=O)CN4S(=O)(=O)C(=O)c3ccccn3)CCCCC2)cc1. The first kappa shape index (κ1) is 29.1. The molecule has 11 heteroatoms. The lowest BCUT2D eigenvalue weighted by Gasteiger charge is -2.40. The third kappa shape index (κ3) is 5.32. The number of ketones is 1. The zero-order valence-corrected chi connectivity index (χ0v) is 24.4. The fourth-order valence-corrected chi connectivity index (χ4v) is 7.75. The Morgan fingerprint density at radius 3 is 2.29 bits per heavy atom. The monoisotopic (exact) mass is 580 g/mol. The van der Waals surface area contributed by atoms with Crippen molar-refractivity contribution < 1.29 is 27.6 Å². The Morgan fingerprint density at radius 1 is 1.00 bits per heavy atom. The van der Waals surface area contributed by atoms with Gasteiger partial charge < -0.3 is 10.2 Å². The number of sulfonamides is 1. The first-order chi connectivity index (χ1) is 19.3. The predicted molar refractivity (Wildman–Crippen MR) is 152 cm³/mol. The van der Waals surface area contributed by atoms with Crippen LogP contribution in [0.5, 0.6) is 0 Å². The molecular weight excluding hydrogens is 544 g/mol. The van der Waals surface area contributed by atoms with E-state index in [9.17, 15) is 27.6 Å². The van der Waals surface area contributed by atoms with E-state index in [0.29, 0.717) is 18.4 Å². The minimum absolute atomic E-state index is 0.0702. The first-order valence-corrected chi connectivity index (χ1v) is 15.5. The molecule has 1 aromatic heterocycles. The number of hydrogen-bond acceptors (Lipinski definition) is 7. The highest BCUT2D eigenvalue weighted by molar-refractivity contribution is 8.04. The lowest BCUT2D eigenvalue weighted by molar-refractivity contribution is -0.143. The molecule has 0 radical (unpaired) electrons. The van der Waals surface area contributed by atoms with E-state index >= 15 is 0 Å². The van der Waals surface area contributed by atoms with Crippen LogP contribution in [-0.2, 0) is 25.0 Å². The molecule has 2 amide bonds. The quantitative estimate of drug-likeness (QED) is 0.575. The second-order valence-corrected chi connectivity index (χ2v) is 14.0. The predicted octanol–water partition coefficient (Wildman–Crippen LogP) is 2.84. The summed E-state index contributed by atoms with van der Waals surface area (Å²) in [4.78, 5) is 59.0. The highest BCUT2D eigenvalue weighted by atomic mass is 32.2. The summed E-state index contributed by atoms with van der Waals surface area (Å²) in [5.41, 5.74) is 0.0372. The van der Waals surface area contributed by atoms with Crippen molar-refractivity contribution in [2.45, 2.75) is 82.3 Å². The van der Waals surface area contributed by atoms with E-state index < -0.39 is 45.1 Å². The molecule has 2 unspecified atom stereocenters. The Labute approximate surface area is 240 Å². The van der Waals surface area contributed by atoms with E-state index in [1.165, 1.54) is 23.2 Å². The molecule has 0 spiro atoms. The molecule has 0 bridgehead atoms. The van der Waals surface area contributed by atoms with Gasteiger partial charge in [-0.3, -0.25) is 24.2 Å². The molecule has 3 fully saturated rings. The molecular formula is C30H36N4O6S. The van der Waals surface area contributed by atoms with Gasteiger partial charge in [-0.25, -0.2) is 8.42 Å². The van der Waals surface area contributed by atoms with Crippen LogP contribution in [0.2, 0.25) is 0 Å². The molecule has 218 valence electrons. The maximum absolute atomic E-state index is 14.2. The van der Waals surface area contributed by atoms with Gasteiger partial charge >= 0.3 is 5.12 Å². The molecule has 1 aliphatic carbocycles. The van der Waals surface area contributed by atoms with Crippen molar-refractivity contribution in [3.8, 4) is 0 Å². The molecule has 41 heavy (non-hydrogen) atoms. The van der Waals surface area contributed by atoms with Gasteiger partial charge in [0.1, 0.15) is 17.3 Å². The Kier molecular flexibility index (Phi) is 7.63. The van der Waals surface area contributed by atoms with Crippen LogP contribution in [0, 0.1) is 0 Å². The minimum atomic E-state index is -4.53. The number of pyridine rings is 1. The molecule has 2 saturated heterocycles. The van der Waals surface area contributed by atoms with Crippen LogP contribution < -0.4 is 5.32 Å². The summed E-state index contributed by atoms with van der Waals surface area (Å²) in [5.74, 6) is -1.17. The molecule has 1 N–H and O–H groups in total. The zero-order chi connectivity index (χ0) is 29.6. The van der Waals surface area contributed by atoms with Gasteiger partial charge in [0, 0.05) is 18.3 Å². The maximum atomic E-state index is 14.2. The van der Waals surface area contributed by atoms with Crippen molar-refractivity contribution in [1.82, 2.24) is 19.5 Å². The average Bonchev–Trinajstić information content (AvgIpc) is 3.54. The highest BCUT2D eigenvalue weighted by Crippen LogP contribution is 2.37. The zero-order valence-electron chi connectivity index (χ0n) is 23.6. The molecule has 1 aromatic carbocycles. The molecule has 5 rings (SSSR count). The molecule has 2 atom stereocenters. The lowest BCUT2D eigenvalue weighted by atomic mass is 9.80. The number of amides is 2. The fraction of sp³-hybridized carbons (Fsp3) is 0.500. The van der Waals surface area contributed by atoms with Crippen molar-refractivity contribution in [1.29, 1.82) is 0 Å². The Balaban J connectivity index is 1.37. The van der Waals surface area contributed by atoms with Crippen LogP contribution in [0.1, 0.15) is 85.7 Å². The summed E-state index contributed by atoms with van der Waals surface area (Å²) >= 11 is 0. The summed E-state index contributed by atoms with van der Waals surface area (Å²) in [5, 5.41) is 1.85. The highest BCUT2D eigenvalue weighted by Gasteiger charge is 2.57. The van der Waals surface area contributed by atoms with Gasteiger partial charge in [0.15, 0.2) is 5.78 Å². The Morgan fingerprint density at radius 2 is 1.68 bits per heavy atom. The number of fused-ring (bicyclic) bond motifs is 1. The van der Waals surface area contributed by atoms with Gasteiger partial charge in [-0.05, 0) is 54.5 Å².